The lowest BCUT2D eigenvalue weighted by molar-refractivity contribution is -0.141. The summed E-state index contributed by atoms with van der Waals surface area (Å²) < 4.78 is 9.40. The molecule has 0 saturated heterocycles. The minimum atomic E-state index is -0.0671. The van der Waals surface area contributed by atoms with Crippen molar-refractivity contribution < 1.29 is 19.1 Å². The number of rotatable bonds is 41. The minimum absolute atomic E-state index is 0.0671. The van der Waals surface area contributed by atoms with Gasteiger partial charge in [-0.2, -0.15) is 23.5 Å². The van der Waals surface area contributed by atoms with Crippen LogP contribution in [0.15, 0.2) is 0 Å². The van der Waals surface area contributed by atoms with Crippen LogP contribution < -0.4 is 0 Å². The molecular formula is C42H84NO4PS2. The van der Waals surface area contributed by atoms with E-state index in [4.69, 9.17) is 9.47 Å². The van der Waals surface area contributed by atoms with Gasteiger partial charge in [-0.15, -0.1) is 7.92 Å². The molecule has 0 N–H and O–H groups in total. The molecule has 0 radical (unpaired) electrons. The molecule has 298 valence electrons. The van der Waals surface area contributed by atoms with Crippen molar-refractivity contribution in [2.24, 2.45) is 0 Å². The van der Waals surface area contributed by atoms with Gasteiger partial charge in [-0.25, -0.2) is 0 Å². The fraction of sp³-hybridized carbons (Fsp3) is 0.952. The van der Waals surface area contributed by atoms with Gasteiger partial charge in [-0.05, 0) is 126 Å². The molecule has 0 aromatic carbocycles. The van der Waals surface area contributed by atoms with E-state index in [0.29, 0.717) is 12.8 Å². The molecule has 0 rings (SSSR count). The maximum atomic E-state index is 11.1. The molecule has 0 saturated carbocycles. The molecule has 0 unspecified atom stereocenters. The number of hydrogen-bond donors (Lipinski definition) is 0. The summed E-state index contributed by atoms with van der Waals surface area (Å²) in [6.45, 7) is 1.25. The van der Waals surface area contributed by atoms with Crippen LogP contribution in [0.2, 0.25) is 0 Å². The third-order valence-corrected chi connectivity index (χ3v) is 14.8. The minimum Gasteiger partial charge on any atom is -0.469 e. The normalized spacial score (nSPS) is 11.6. The predicted octanol–water partition coefficient (Wildman–Crippen LogP) is 12.8. The first-order valence-corrected chi connectivity index (χ1v) is 25.4. The number of ether oxygens (including phenoxy) is 2. The number of thioether (sulfide) groups is 2. The van der Waals surface area contributed by atoms with E-state index in [2.05, 4.69) is 42.5 Å². The van der Waals surface area contributed by atoms with E-state index in [9.17, 15) is 9.59 Å². The van der Waals surface area contributed by atoms with E-state index in [1.807, 2.05) is 0 Å². The zero-order valence-corrected chi connectivity index (χ0v) is 36.3. The fourth-order valence-electron chi connectivity index (χ4n) is 6.36. The molecule has 5 nitrogen and oxygen atoms in total. The number of hydrogen-bond acceptors (Lipinski definition) is 7. The Morgan fingerprint density at radius 3 is 1.02 bits per heavy atom. The molecular weight excluding hydrogens is 678 g/mol. The summed E-state index contributed by atoms with van der Waals surface area (Å²) in [4.78, 5) is 24.6. The molecule has 0 aliphatic carbocycles. The highest BCUT2D eigenvalue weighted by atomic mass is 32.2. The number of carbonyl (C=O) groups excluding carboxylic acids is 2. The van der Waals surface area contributed by atoms with Crippen molar-refractivity contribution in [3.63, 3.8) is 0 Å². The molecule has 8 heteroatoms. The van der Waals surface area contributed by atoms with E-state index in [-0.39, 0.29) is 19.9 Å². The van der Waals surface area contributed by atoms with Crippen molar-refractivity contribution in [2.75, 3.05) is 76.4 Å². The van der Waals surface area contributed by atoms with Crippen LogP contribution >= 0.6 is 31.4 Å². The summed E-state index contributed by atoms with van der Waals surface area (Å²) in [6, 6.07) is 0. The molecule has 0 heterocycles. The second-order valence-corrected chi connectivity index (χ2v) is 19.8. The van der Waals surface area contributed by atoms with E-state index >= 15 is 0 Å². The largest absolute Gasteiger partial charge is 0.469 e. The maximum Gasteiger partial charge on any atom is 0.305 e. The Balaban J connectivity index is 3.67. The third kappa shape index (κ3) is 40.8. The van der Waals surface area contributed by atoms with Gasteiger partial charge in [0.05, 0.1) is 14.2 Å². The molecule has 0 aliphatic rings. The van der Waals surface area contributed by atoms with Crippen LogP contribution in [-0.4, -0.2) is 93.2 Å². The fourth-order valence-corrected chi connectivity index (χ4v) is 11.1. The summed E-state index contributed by atoms with van der Waals surface area (Å²) >= 11 is 4.32. The number of unbranched alkanes of at least 4 members (excludes halogenated alkanes) is 21. The molecule has 0 aromatic rings. The quantitative estimate of drug-likeness (QED) is 0.0349. The number of methoxy groups -OCH3 is 2. The average molecular weight is 762 g/mol. The molecule has 0 bridgehead atoms. The monoisotopic (exact) mass is 762 g/mol. The lowest BCUT2D eigenvalue weighted by atomic mass is 10.1. The third-order valence-electron chi connectivity index (χ3n) is 9.65. The van der Waals surface area contributed by atoms with Crippen molar-refractivity contribution >= 4 is 43.4 Å². The zero-order chi connectivity index (χ0) is 36.6. The van der Waals surface area contributed by atoms with Crippen molar-refractivity contribution in [2.45, 2.75) is 180 Å². The Labute approximate surface area is 322 Å². The lowest BCUT2D eigenvalue weighted by Gasteiger charge is -2.18. The summed E-state index contributed by atoms with van der Waals surface area (Å²) in [7, 11) is 7.63. The van der Waals surface area contributed by atoms with Gasteiger partial charge < -0.3 is 14.4 Å². The average Bonchev–Trinajstić information content (AvgIpc) is 3.11. The molecule has 0 aromatic heterocycles. The maximum absolute atomic E-state index is 11.1. The van der Waals surface area contributed by atoms with Crippen LogP contribution in [0.25, 0.3) is 0 Å². The van der Waals surface area contributed by atoms with Crippen LogP contribution in [0.5, 0.6) is 0 Å². The Morgan fingerprint density at radius 2 is 0.700 bits per heavy atom. The Bertz CT molecular complexity index is 665. The molecule has 0 aliphatic heterocycles. The van der Waals surface area contributed by atoms with Crippen molar-refractivity contribution in [3.05, 3.63) is 0 Å². The van der Waals surface area contributed by atoms with Gasteiger partial charge >= 0.3 is 11.9 Å². The summed E-state index contributed by atoms with van der Waals surface area (Å²) in [6.07, 6.45) is 40.6. The highest BCUT2D eigenvalue weighted by Gasteiger charge is 2.08. The van der Waals surface area contributed by atoms with Crippen LogP contribution in [0.3, 0.4) is 0 Å². The topological polar surface area (TPSA) is 55.8 Å². The first-order valence-electron chi connectivity index (χ1n) is 21.2. The van der Waals surface area contributed by atoms with Gasteiger partial charge in [-0.3, -0.25) is 9.59 Å². The van der Waals surface area contributed by atoms with E-state index in [1.54, 1.807) is 0 Å². The molecule has 0 amide bonds. The number of carbonyl (C=O) groups is 2. The van der Waals surface area contributed by atoms with Gasteiger partial charge in [0.25, 0.3) is 0 Å². The first-order chi connectivity index (χ1) is 24.5. The van der Waals surface area contributed by atoms with Gasteiger partial charge in [0, 0.05) is 12.8 Å². The van der Waals surface area contributed by atoms with Crippen LogP contribution in [0.4, 0.5) is 0 Å². The molecule has 0 spiro atoms. The van der Waals surface area contributed by atoms with Gasteiger partial charge in [-0.1, -0.05) is 103 Å². The van der Waals surface area contributed by atoms with Crippen LogP contribution in [-0.2, 0) is 19.1 Å². The van der Waals surface area contributed by atoms with Crippen molar-refractivity contribution in [3.8, 4) is 0 Å². The van der Waals surface area contributed by atoms with Gasteiger partial charge in [0.15, 0.2) is 0 Å². The molecule has 0 fully saturated rings. The standard InChI is InChI=1S/C42H84NO4PS2/c1-43(2)33-23-26-36-48(34-24-15-7-11-19-29-39-49-37-27-17-9-5-13-21-31-41(44)46-3)35-25-16-8-12-20-30-40-50-38-28-18-10-6-14-22-32-42(45)47-4/h5-40H2,1-4H3. The summed E-state index contributed by atoms with van der Waals surface area (Å²) in [5.41, 5.74) is 0. The van der Waals surface area contributed by atoms with E-state index in [1.165, 1.54) is 204 Å². The second-order valence-electron chi connectivity index (χ2n) is 14.7. The highest BCUT2D eigenvalue weighted by molar-refractivity contribution is 7.99. The predicted molar refractivity (Wildman–Crippen MR) is 228 cm³/mol. The second kappa shape index (κ2) is 41.8. The van der Waals surface area contributed by atoms with Gasteiger partial charge in [0.1, 0.15) is 0 Å². The zero-order valence-electron chi connectivity index (χ0n) is 33.8. The SMILES string of the molecule is COC(=O)CCCCCCCCSCCCCCCCCP(CCCCCCCCSCCCCCCCCC(=O)OC)CCCCN(C)C. The first kappa shape index (κ1) is 50.0. The van der Waals surface area contributed by atoms with Gasteiger partial charge in [0.2, 0.25) is 0 Å². The van der Waals surface area contributed by atoms with Crippen molar-refractivity contribution in [1.82, 2.24) is 4.90 Å². The Hall–Kier alpha value is 0.0300. The molecule has 0 atom stereocenters. The number of nitrogens with zero attached hydrogens (tertiary/aromatic N) is 1. The van der Waals surface area contributed by atoms with Crippen molar-refractivity contribution in [1.29, 1.82) is 0 Å². The van der Waals surface area contributed by atoms with E-state index in [0.717, 1.165) is 25.7 Å². The van der Waals surface area contributed by atoms with E-state index < -0.39 is 0 Å². The van der Waals surface area contributed by atoms with Crippen LogP contribution in [0.1, 0.15) is 180 Å². The lowest BCUT2D eigenvalue weighted by Crippen LogP contribution is -2.13. The Kier molecular flexibility index (Phi) is 41.8. The van der Waals surface area contributed by atoms with Crippen LogP contribution in [0, 0.1) is 0 Å². The molecule has 50 heavy (non-hydrogen) atoms. The number of esters is 2. The Morgan fingerprint density at radius 1 is 0.420 bits per heavy atom. The summed E-state index contributed by atoms with van der Waals surface area (Å²) in [5.74, 6) is 5.21. The summed E-state index contributed by atoms with van der Waals surface area (Å²) in [5, 5.41) is 0. The smallest absolute Gasteiger partial charge is 0.305 e. The highest BCUT2D eigenvalue weighted by Crippen LogP contribution is 2.39.